The molecule has 1 aliphatic rings. The van der Waals surface area contributed by atoms with E-state index in [0.29, 0.717) is 5.84 Å². The molecule has 9 rings (SSSR count). The minimum atomic E-state index is -0.324. The van der Waals surface area contributed by atoms with Crippen LogP contribution in [0.4, 0.5) is 0 Å². The van der Waals surface area contributed by atoms with Gasteiger partial charge < -0.3 is 9.73 Å². The monoisotopic (exact) mass is 593 g/mol. The second-order valence-electron chi connectivity index (χ2n) is 11.3. The van der Waals surface area contributed by atoms with Gasteiger partial charge in [0.15, 0.2) is 5.84 Å². The van der Waals surface area contributed by atoms with E-state index in [-0.39, 0.29) is 6.17 Å². The standard InChI is InChI=1S/C40H27N5O/c1-4-14-26(15-5-1)37-42-38(27-16-6-2-7-17-27)44-39(43-37)31-24-28(25-35-36(31)30-20-10-13-23-34(30)46-35)40-41-32-21-11-12-22-33(32)45(40)29-18-8-3-9-19-29/h1-25,37H,(H,42,43,44). The van der Waals surface area contributed by atoms with Gasteiger partial charge in [-0.2, -0.15) is 0 Å². The van der Waals surface area contributed by atoms with Gasteiger partial charge in [0.05, 0.1) is 11.0 Å². The summed E-state index contributed by atoms with van der Waals surface area (Å²) >= 11 is 0. The van der Waals surface area contributed by atoms with Gasteiger partial charge in [-0.1, -0.05) is 109 Å². The summed E-state index contributed by atoms with van der Waals surface area (Å²) in [6.07, 6.45) is -0.324. The molecule has 0 radical (unpaired) electrons. The minimum absolute atomic E-state index is 0.324. The van der Waals surface area contributed by atoms with Crippen molar-refractivity contribution in [3.8, 4) is 17.1 Å². The van der Waals surface area contributed by atoms with E-state index in [1.807, 2.05) is 66.7 Å². The molecular formula is C40H27N5O. The zero-order valence-electron chi connectivity index (χ0n) is 24.7. The van der Waals surface area contributed by atoms with Crippen LogP contribution in [0.15, 0.2) is 166 Å². The smallest absolute Gasteiger partial charge is 0.160 e. The number of amidine groups is 2. The number of nitrogens with zero attached hydrogens (tertiary/aromatic N) is 4. The third kappa shape index (κ3) is 4.39. The number of aliphatic imine (C=N–C) groups is 2. The molecule has 0 amide bonds. The van der Waals surface area contributed by atoms with Gasteiger partial charge in [-0.25, -0.2) is 15.0 Å². The van der Waals surface area contributed by atoms with Crippen LogP contribution in [-0.4, -0.2) is 21.2 Å². The highest BCUT2D eigenvalue weighted by Crippen LogP contribution is 2.38. The van der Waals surface area contributed by atoms with Crippen molar-refractivity contribution in [3.05, 3.63) is 168 Å². The fraction of sp³-hybridized carbons (Fsp3) is 0.0250. The van der Waals surface area contributed by atoms with Gasteiger partial charge in [-0.3, -0.25) is 4.57 Å². The number of hydrogen-bond donors (Lipinski definition) is 1. The number of nitrogens with one attached hydrogen (secondary N) is 1. The molecule has 3 heterocycles. The number of fused-ring (bicyclic) bond motifs is 4. The van der Waals surface area contributed by atoms with Crippen LogP contribution in [0, 0.1) is 0 Å². The molecule has 0 spiro atoms. The molecule has 218 valence electrons. The molecule has 8 aromatic rings. The Hall–Kier alpha value is -6.27. The van der Waals surface area contributed by atoms with Crippen molar-refractivity contribution in [2.45, 2.75) is 6.17 Å². The van der Waals surface area contributed by atoms with Gasteiger partial charge in [-0.15, -0.1) is 0 Å². The van der Waals surface area contributed by atoms with Crippen molar-refractivity contribution < 1.29 is 4.42 Å². The molecule has 6 heteroatoms. The fourth-order valence-corrected chi connectivity index (χ4v) is 6.34. The topological polar surface area (TPSA) is 67.7 Å². The molecule has 6 aromatic carbocycles. The zero-order chi connectivity index (χ0) is 30.5. The Kier molecular flexibility index (Phi) is 6.09. The first-order valence-electron chi connectivity index (χ1n) is 15.3. The largest absolute Gasteiger partial charge is 0.456 e. The Labute approximate surface area is 265 Å². The average molecular weight is 594 g/mol. The van der Waals surface area contributed by atoms with Crippen LogP contribution in [0.25, 0.3) is 50.0 Å². The van der Waals surface area contributed by atoms with E-state index in [9.17, 15) is 0 Å². The SMILES string of the molecule is c1ccc(C2=NC(c3cc(-c4nc5ccccc5n4-c4ccccc4)cc4oc5ccccc5c34)=NC(c3ccccc3)N2)cc1. The Bertz CT molecular complexity index is 2440. The van der Waals surface area contributed by atoms with Crippen molar-refractivity contribution in [1.82, 2.24) is 14.9 Å². The number of rotatable bonds is 5. The van der Waals surface area contributed by atoms with Crippen LogP contribution in [0.3, 0.4) is 0 Å². The molecule has 6 nitrogen and oxygen atoms in total. The van der Waals surface area contributed by atoms with Crippen molar-refractivity contribution >= 4 is 44.6 Å². The van der Waals surface area contributed by atoms with Crippen molar-refractivity contribution in [2.24, 2.45) is 9.98 Å². The van der Waals surface area contributed by atoms with E-state index in [2.05, 4.69) is 94.8 Å². The van der Waals surface area contributed by atoms with Crippen molar-refractivity contribution in [1.29, 1.82) is 0 Å². The Morgan fingerprint density at radius 3 is 2.15 bits per heavy atom. The van der Waals surface area contributed by atoms with Gasteiger partial charge in [0, 0.05) is 33.2 Å². The Morgan fingerprint density at radius 2 is 1.33 bits per heavy atom. The van der Waals surface area contributed by atoms with Gasteiger partial charge >= 0.3 is 0 Å². The molecule has 0 saturated heterocycles. The first kappa shape index (κ1) is 26.2. The lowest BCUT2D eigenvalue weighted by atomic mass is 10.0. The number of benzene rings is 6. The quantitative estimate of drug-likeness (QED) is 0.216. The maximum atomic E-state index is 6.53. The highest BCUT2D eigenvalue weighted by atomic mass is 16.3. The van der Waals surface area contributed by atoms with E-state index in [1.54, 1.807) is 0 Å². The summed E-state index contributed by atoms with van der Waals surface area (Å²) in [6.45, 7) is 0. The predicted octanol–water partition coefficient (Wildman–Crippen LogP) is 9.09. The maximum Gasteiger partial charge on any atom is 0.160 e. The van der Waals surface area contributed by atoms with Crippen LogP contribution in [0.2, 0.25) is 0 Å². The third-order valence-corrected chi connectivity index (χ3v) is 8.46. The molecular weight excluding hydrogens is 566 g/mol. The molecule has 1 atom stereocenters. The van der Waals surface area contributed by atoms with Gasteiger partial charge in [0.2, 0.25) is 0 Å². The van der Waals surface area contributed by atoms with Crippen molar-refractivity contribution in [2.75, 3.05) is 0 Å². The molecule has 1 aliphatic heterocycles. The number of imidazole rings is 1. The van der Waals surface area contributed by atoms with Gasteiger partial charge in [0.25, 0.3) is 0 Å². The van der Waals surface area contributed by atoms with Crippen molar-refractivity contribution in [3.63, 3.8) is 0 Å². The van der Waals surface area contributed by atoms with Crippen LogP contribution >= 0.6 is 0 Å². The Balaban J connectivity index is 1.34. The molecule has 1 N–H and O–H groups in total. The van der Waals surface area contributed by atoms with E-state index in [4.69, 9.17) is 19.4 Å². The summed E-state index contributed by atoms with van der Waals surface area (Å²) in [5, 5.41) is 5.58. The highest BCUT2D eigenvalue weighted by molar-refractivity contribution is 6.22. The lowest BCUT2D eigenvalue weighted by Gasteiger charge is -2.24. The van der Waals surface area contributed by atoms with E-state index in [1.165, 1.54) is 0 Å². The summed E-state index contributed by atoms with van der Waals surface area (Å²) in [6, 6.07) is 51.5. The number of para-hydroxylation sites is 4. The third-order valence-electron chi connectivity index (χ3n) is 8.46. The van der Waals surface area contributed by atoms with Gasteiger partial charge in [0.1, 0.15) is 29.0 Å². The normalized spacial score (nSPS) is 14.7. The van der Waals surface area contributed by atoms with Crippen LogP contribution in [0.1, 0.15) is 22.9 Å². The van der Waals surface area contributed by atoms with Gasteiger partial charge in [-0.05, 0) is 48.0 Å². The summed E-state index contributed by atoms with van der Waals surface area (Å²) in [5.41, 5.74) is 8.40. The number of aromatic nitrogens is 2. The van der Waals surface area contributed by atoms with Crippen LogP contribution in [0.5, 0.6) is 0 Å². The second kappa shape index (κ2) is 10.7. The molecule has 0 aliphatic carbocycles. The molecule has 0 bridgehead atoms. The fourth-order valence-electron chi connectivity index (χ4n) is 6.34. The first-order valence-corrected chi connectivity index (χ1v) is 15.3. The first-order chi connectivity index (χ1) is 22.8. The summed E-state index contributed by atoms with van der Waals surface area (Å²) < 4.78 is 8.74. The lowest BCUT2D eigenvalue weighted by molar-refractivity contribution is 0.668. The maximum absolute atomic E-state index is 6.53. The summed E-state index contributed by atoms with van der Waals surface area (Å²) in [7, 11) is 0. The van der Waals surface area contributed by atoms with E-state index < -0.39 is 0 Å². The number of furan rings is 1. The molecule has 1 unspecified atom stereocenters. The second-order valence-corrected chi connectivity index (χ2v) is 11.3. The highest BCUT2D eigenvalue weighted by Gasteiger charge is 2.25. The van der Waals surface area contributed by atoms with Crippen LogP contribution < -0.4 is 5.32 Å². The minimum Gasteiger partial charge on any atom is -0.456 e. The molecule has 0 fully saturated rings. The average Bonchev–Trinajstić information content (AvgIpc) is 3.71. The van der Waals surface area contributed by atoms with Crippen LogP contribution in [-0.2, 0) is 0 Å². The molecule has 2 aromatic heterocycles. The summed E-state index contributed by atoms with van der Waals surface area (Å²) in [5.74, 6) is 2.21. The lowest BCUT2D eigenvalue weighted by Crippen LogP contribution is -2.33. The molecule has 0 saturated carbocycles. The van der Waals surface area contributed by atoms with E-state index >= 15 is 0 Å². The molecule has 46 heavy (non-hydrogen) atoms. The predicted molar refractivity (Wildman–Crippen MR) is 186 cm³/mol. The zero-order valence-corrected chi connectivity index (χ0v) is 24.7. The summed E-state index contributed by atoms with van der Waals surface area (Å²) in [4.78, 5) is 15.6. The van der Waals surface area contributed by atoms with E-state index in [0.717, 1.165) is 72.6 Å². The number of hydrogen-bond acceptors (Lipinski definition) is 5. The Morgan fingerprint density at radius 1 is 0.630 bits per heavy atom.